The first-order chi connectivity index (χ1) is 11.5. The van der Waals surface area contributed by atoms with Gasteiger partial charge in [0.25, 0.3) is 0 Å². The SMILES string of the molecule is C/C=C/C=C/C(=O)OCC(C)OCC(C)OCC(C)CCCCC. The largest absolute Gasteiger partial charge is 0.460 e. The van der Waals surface area contributed by atoms with Crippen molar-refractivity contribution in [3.63, 3.8) is 0 Å². The van der Waals surface area contributed by atoms with Crippen molar-refractivity contribution in [2.75, 3.05) is 19.8 Å². The Morgan fingerprint density at radius 1 is 0.958 bits per heavy atom. The van der Waals surface area contributed by atoms with Crippen molar-refractivity contribution in [2.45, 2.75) is 72.5 Å². The Balaban J connectivity index is 3.73. The Labute approximate surface area is 148 Å². The highest BCUT2D eigenvalue weighted by molar-refractivity contribution is 5.82. The molecule has 0 rings (SSSR count). The summed E-state index contributed by atoms with van der Waals surface area (Å²) in [6.07, 6.45) is 11.6. The zero-order valence-corrected chi connectivity index (χ0v) is 16.1. The average Bonchev–Trinajstić information content (AvgIpc) is 2.56. The van der Waals surface area contributed by atoms with Crippen molar-refractivity contribution in [3.8, 4) is 0 Å². The van der Waals surface area contributed by atoms with Crippen molar-refractivity contribution < 1.29 is 19.0 Å². The van der Waals surface area contributed by atoms with Gasteiger partial charge in [0, 0.05) is 12.7 Å². The van der Waals surface area contributed by atoms with Crippen molar-refractivity contribution in [3.05, 3.63) is 24.3 Å². The van der Waals surface area contributed by atoms with Crippen LogP contribution in [0, 0.1) is 5.92 Å². The van der Waals surface area contributed by atoms with E-state index in [1.165, 1.54) is 31.8 Å². The molecule has 0 fully saturated rings. The summed E-state index contributed by atoms with van der Waals surface area (Å²) >= 11 is 0. The fourth-order valence-electron chi connectivity index (χ4n) is 2.04. The van der Waals surface area contributed by atoms with Gasteiger partial charge >= 0.3 is 5.97 Å². The number of ether oxygens (including phenoxy) is 3. The summed E-state index contributed by atoms with van der Waals surface area (Å²) in [7, 11) is 0. The van der Waals surface area contributed by atoms with Gasteiger partial charge in [-0.05, 0) is 33.1 Å². The lowest BCUT2D eigenvalue weighted by molar-refractivity contribution is -0.142. The van der Waals surface area contributed by atoms with E-state index in [-0.39, 0.29) is 24.8 Å². The van der Waals surface area contributed by atoms with Gasteiger partial charge in [0.2, 0.25) is 0 Å². The molecule has 0 bridgehead atoms. The van der Waals surface area contributed by atoms with Crippen LogP contribution in [0.1, 0.15) is 60.3 Å². The minimum absolute atomic E-state index is 0.0476. The second kappa shape index (κ2) is 15.4. The summed E-state index contributed by atoms with van der Waals surface area (Å²) in [6, 6.07) is 0. The molecule has 0 aliphatic rings. The second-order valence-corrected chi connectivity index (χ2v) is 6.40. The van der Waals surface area contributed by atoms with Crippen LogP contribution in [-0.2, 0) is 19.0 Å². The summed E-state index contributed by atoms with van der Waals surface area (Å²) in [6.45, 7) is 11.8. The van der Waals surface area contributed by atoms with Gasteiger partial charge in [0.15, 0.2) is 0 Å². The summed E-state index contributed by atoms with van der Waals surface area (Å²) < 4.78 is 16.6. The molecule has 0 spiro atoms. The zero-order chi connectivity index (χ0) is 18.2. The van der Waals surface area contributed by atoms with Crippen molar-refractivity contribution in [1.29, 1.82) is 0 Å². The Hall–Kier alpha value is -1.13. The smallest absolute Gasteiger partial charge is 0.330 e. The highest BCUT2D eigenvalue weighted by Crippen LogP contribution is 2.10. The van der Waals surface area contributed by atoms with Crippen LogP contribution in [0.2, 0.25) is 0 Å². The lowest BCUT2D eigenvalue weighted by Gasteiger charge is -2.19. The number of esters is 1. The van der Waals surface area contributed by atoms with Gasteiger partial charge in [0.1, 0.15) is 6.61 Å². The van der Waals surface area contributed by atoms with E-state index >= 15 is 0 Å². The molecule has 3 unspecified atom stereocenters. The second-order valence-electron chi connectivity index (χ2n) is 6.40. The van der Waals surface area contributed by atoms with Gasteiger partial charge in [-0.1, -0.05) is 51.3 Å². The molecule has 4 heteroatoms. The van der Waals surface area contributed by atoms with Gasteiger partial charge in [-0.25, -0.2) is 4.79 Å². The maximum atomic E-state index is 11.4. The number of rotatable bonds is 14. The molecule has 0 aliphatic heterocycles. The Kier molecular flexibility index (Phi) is 14.7. The van der Waals surface area contributed by atoms with Crippen LogP contribution in [0.15, 0.2) is 24.3 Å². The number of unbranched alkanes of at least 4 members (excludes halogenated alkanes) is 2. The van der Waals surface area contributed by atoms with E-state index in [2.05, 4.69) is 13.8 Å². The average molecular weight is 341 g/mol. The molecular formula is C20H36O4. The molecule has 3 atom stereocenters. The first kappa shape index (κ1) is 22.9. The van der Waals surface area contributed by atoms with E-state index in [4.69, 9.17) is 14.2 Å². The third kappa shape index (κ3) is 14.5. The highest BCUT2D eigenvalue weighted by atomic mass is 16.6. The minimum atomic E-state index is -0.353. The third-order valence-corrected chi connectivity index (χ3v) is 3.58. The molecule has 0 aromatic rings. The molecule has 0 N–H and O–H groups in total. The molecule has 0 radical (unpaired) electrons. The van der Waals surface area contributed by atoms with Crippen molar-refractivity contribution in [1.82, 2.24) is 0 Å². The molecule has 0 heterocycles. The zero-order valence-electron chi connectivity index (χ0n) is 16.1. The number of allylic oxidation sites excluding steroid dienone is 3. The predicted molar refractivity (Wildman–Crippen MR) is 99.0 cm³/mol. The van der Waals surface area contributed by atoms with Crippen LogP contribution >= 0.6 is 0 Å². The van der Waals surface area contributed by atoms with E-state index in [0.29, 0.717) is 12.5 Å². The molecule has 0 saturated heterocycles. The predicted octanol–water partition coefficient (Wildman–Crippen LogP) is 4.69. The van der Waals surface area contributed by atoms with Gasteiger partial charge in [0.05, 0.1) is 18.8 Å². The van der Waals surface area contributed by atoms with E-state index in [1.807, 2.05) is 26.8 Å². The molecule has 0 aromatic carbocycles. The monoisotopic (exact) mass is 340 g/mol. The number of hydrogen-bond acceptors (Lipinski definition) is 4. The maximum Gasteiger partial charge on any atom is 0.330 e. The van der Waals surface area contributed by atoms with Gasteiger partial charge in [-0.15, -0.1) is 0 Å². The quantitative estimate of drug-likeness (QED) is 0.199. The van der Waals surface area contributed by atoms with Crippen molar-refractivity contribution in [2.24, 2.45) is 5.92 Å². The Morgan fingerprint density at radius 2 is 1.62 bits per heavy atom. The lowest BCUT2D eigenvalue weighted by atomic mass is 10.0. The van der Waals surface area contributed by atoms with Gasteiger partial charge < -0.3 is 14.2 Å². The number of carbonyl (C=O) groups is 1. The third-order valence-electron chi connectivity index (χ3n) is 3.58. The fraction of sp³-hybridized carbons (Fsp3) is 0.750. The van der Waals surface area contributed by atoms with Crippen LogP contribution in [0.4, 0.5) is 0 Å². The topological polar surface area (TPSA) is 44.8 Å². The van der Waals surface area contributed by atoms with E-state index in [1.54, 1.807) is 12.2 Å². The van der Waals surface area contributed by atoms with E-state index < -0.39 is 0 Å². The van der Waals surface area contributed by atoms with Crippen LogP contribution < -0.4 is 0 Å². The molecule has 0 saturated carbocycles. The minimum Gasteiger partial charge on any atom is -0.460 e. The van der Waals surface area contributed by atoms with E-state index in [9.17, 15) is 4.79 Å². The normalized spacial score (nSPS) is 15.7. The molecule has 0 aromatic heterocycles. The summed E-state index contributed by atoms with van der Waals surface area (Å²) in [5.41, 5.74) is 0. The van der Waals surface area contributed by atoms with Crippen LogP contribution in [-0.4, -0.2) is 38.0 Å². The maximum absolute atomic E-state index is 11.4. The summed E-state index contributed by atoms with van der Waals surface area (Å²) in [5.74, 6) is 0.232. The Bertz CT molecular complexity index is 363. The number of carbonyl (C=O) groups excluding carboxylic acids is 1. The van der Waals surface area contributed by atoms with Gasteiger partial charge in [-0.2, -0.15) is 0 Å². The first-order valence-corrected chi connectivity index (χ1v) is 9.18. The van der Waals surface area contributed by atoms with Crippen LogP contribution in [0.3, 0.4) is 0 Å². The summed E-state index contributed by atoms with van der Waals surface area (Å²) in [5, 5.41) is 0. The standard InChI is InChI=1S/C20H36O4/c1-6-8-10-12-17(3)14-22-18(4)15-23-19(5)16-24-20(21)13-11-9-7-2/h7,9,11,13,17-19H,6,8,10,12,14-16H2,1-5H3/b9-7+,13-11+. The van der Waals surface area contributed by atoms with E-state index in [0.717, 1.165) is 6.61 Å². The highest BCUT2D eigenvalue weighted by Gasteiger charge is 2.10. The summed E-state index contributed by atoms with van der Waals surface area (Å²) in [4.78, 5) is 11.4. The molecule has 24 heavy (non-hydrogen) atoms. The van der Waals surface area contributed by atoms with Crippen LogP contribution in [0.5, 0.6) is 0 Å². The molecule has 0 amide bonds. The number of hydrogen-bond donors (Lipinski definition) is 0. The fourth-order valence-corrected chi connectivity index (χ4v) is 2.04. The van der Waals surface area contributed by atoms with Crippen molar-refractivity contribution >= 4 is 5.97 Å². The lowest BCUT2D eigenvalue weighted by Crippen LogP contribution is -2.25. The molecule has 4 nitrogen and oxygen atoms in total. The molecule has 140 valence electrons. The first-order valence-electron chi connectivity index (χ1n) is 9.18. The molecule has 0 aliphatic carbocycles. The van der Waals surface area contributed by atoms with Gasteiger partial charge in [-0.3, -0.25) is 0 Å². The Morgan fingerprint density at radius 3 is 2.29 bits per heavy atom. The van der Waals surface area contributed by atoms with Crippen LogP contribution in [0.25, 0.3) is 0 Å². The molecular weight excluding hydrogens is 304 g/mol.